The molecule has 0 spiro atoms. The number of benzene rings is 2. The van der Waals surface area contributed by atoms with Gasteiger partial charge in [-0.05, 0) is 36.8 Å². The third-order valence-electron chi connectivity index (χ3n) is 4.51. The average molecular weight is 480 g/mol. The highest BCUT2D eigenvalue weighted by atomic mass is 32.2. The number of hydrogen-bond donors (Lipinski definition) is 3. The summed E-state index contributed by atoms with van der Waals surface area (Å²) in [5.74, 6) is -2.06. The molecular formula is C20H22FN5O4S2. The van der Waals surface area contributed by atoms with Crippen LogP contribution >= 0.6 is 11.8 Å². The van der Waals surface area contributed by atoms with Crippen LogP contribution in [0.3, 0.4) is 0 Å². The normalized spacial score (nSPS) is 11.5. The van der Waals surface area contributed by atoms with Gasteiger partial charge in [-0.1, -0.05) is 37.2 Å². The summed E-state index contributed by atoms with van der Waals surface area (Å²) in [6.07, 6.45) is 1.79. The molecule has 1 aromatic heterocycles. The van der Waals surface area contributed by atoms with Crippen molar-refractivity contribution in [3.8, 4) is 0 Å². The van der Waals surface area contributed by atoms with E-state index >= 15 is 0 Å². The van der Waals surface area contributed by atoms with Crippen LogP contribution in [0, 0.1) is 5.82 Å². The Kier molecular flexibility index (Phi) is 7.48. The maximum Gasteiger partial charge on any atom is 0.272 e. The van der Waals surface area contributed by atoms with E-state index in [2.05, 4.69) is 15.8 Å². The molecule has 32 heavy (non-hydrogen) atoms. The molecular weight excluding hydrogens is 457 g/mol. The highest BCUT2D eigenvalue weighted by Crippen LogP contribution is 2.26. The van der Waals surface area contributed by atoms with Crippen LogP contribution in [0.2, 0.25) is 0 Å². The van der Waals surface area contributed by atoms with E-state index in [0.717, 1.165) is 36.2 Å². The molecule has 12 heteroatoms. The monoisotopic (exact) mass is 479 g/mol. The number of hydrogen-bond acceptors (Lipinski definition) is 6. The van der Waals surface area contributed by atoms with Crippen molar-refractivity contribution in [3.05, 3.63) is 53.8 Å². The van der Waals surface area contributed by atoms with E-state index in [9.17, 15) is 22.4 Å². The van der Waals surface area contributed by atoms with Gasteiger partial charge in [0.25, 0.3) is 5.91 Å². The van der Waals surface area contributed by atoms with Gasteiger partial charge in [-0.25, -0.2) is 22.9 Å². The van der Waals surface area contributed by atoms with Crippen molar-refractivity contribution < 1.29 is 22.4 Å². The Morgan fingerprint density at radius 1 is 1.19 bits per heavy atom. The zero-order valence-corrected chi connectivity index (χ0v) is 18.8. The SMILES string of the molecule is CCCCn1c(SCC(=O)NNC(=O)c2ccccc2F)nc2cc(S(N)(=O)=O)ccc21. The maximum atomic E-state index is 13.6. The first-order chi connectivity index (χ1) is 15.2. The number of unbranched alkanes of at least 4 members (excludes halogenated alkanes) is 1. The van der Waals surface area contributed by atoms with E-state index in [-0.39, 0.29) is 16.2 Å². The summed E-state index contributed by atoms with van der Waals surface area (Å²) in [7, 11) is -3.87. The molecule has 170 valence electrons. The second kappa shape index (κ2) is 10.1. The second-order valence-electron chi connectivity index (χ2n) is 6.87. The predicted octanol–water partition coefficient (Wildman–Crippen LogP) is 2.18. The minimum atomic E-state index is -3.87. The number of thioether (sulfide) groups is 1. The highest BCUT2D eigenvalue weighted by molar-refractivity contribution is 7.99. The molecule has 3 rings (SSSR count). The molecule has 4 N–H and O–H groups in total. The van der Waals surface area contributed by atoms with Gasteiger partial charge in [-0.2, -0.15) is 0 Å². The highest BCUT2D eigenvalue weighted by Gasteiger charge is 2.17. The van der Waals surface area contributed by atoms with Gasteiger partial charge in [0, 0.05) is 6.54 Å². The largest absolute Gasteiger partial charge is 0.319 e. The van der Waals surface area contributed by atoms with Gasteiger partial charge in [0.2, 0.25) is 15.9 Å². The first kappa shape index (κ1) is 23.7. The molecule has 0 aliphatic heterocycles. The number of nitrogens with zero attached hydrogens (tertiary/aromatic N) is 2. The second-order valence-corrected chi connectivity index (χ2v) is 9.37. The molecule has 2 amide bonds. The van der Waals surface area contributed by atoms with Crippen molar-refractivity contribution in [1.82, 2.24) is 20.4 Å². The van der Waals surface area contributed by atoms with Gasteiger partial charge in [0.1, 0.15) is 5.82 Å². The van der Waals surface area contributed by atoms with Crippen LogP contribution in [0.4, 0.5) is 4.39 Å². The Balaban J connectivity index is 1.70. The molecule has 0 radical (unpaired) electrons. The van der Waals surface area contributed by atoms with Crippen LogP contribution in [0.15, 0.2) is 52.5 Å². The smallest absolute Gasteiger partial charge is 0.272 e. The molecule has 0 saturated heterocycles. The lowest BCUT2D eigenvalue weighted by Crippen LogP contribution is -2.42. The zero-order valence-electron chi connectivity index (χ0n) is 17.2. The van der Waals surface area contributed by atoms with Gasteiger partial charge in [-0.3, -0.25) is 20.4 Å². The van der Waals surface area contributed by atoms with Gasteiger partial charge in [-0.15, -0.1) is 0 Å². The van der Waals surface area contributed by atoms with E-state index in [1.165, 1.54) is 30.3 Å². The lowest BCUT2D eigenvalue weighted by Gasteiger charge is -2.09. The minimum Gasteiger partial charge on any atom is -0.319 e. The number of nitrogens with one attached hydrogen (secondary N) is 2. The van der Waals surface area contributed by atoms with Gasteiger partial charge < -0.3 is 4.57 Å². The Labute approximate surface area is 188 Å². The van der Waals surface area contributed by atoms with Crippen LogP contribution in [-0.2, 0) is 21.4 Å². The topological polar surface area (TPSA) is 136 Å². The molecule has 2 aromatic carbocycles. The van der Waals surface area contributed by atoms with Crippen molar-refractivity contribution in [2.75, 3.05) is 5.75 Å². The number of carbonyl (C=O) groups is 2. The minimum absolute atomic E-state index is 0.0460. The van der Waals surface area contributed by atoms with E-state index in [0.29, 0.717) is 17.2 Å². The quantitative estimate of drug-likeness (QED) is 0.335. The Morgan fingerprint density at radius 3 is 2.62 bits per heavy atom. The number of aromatic nitrogens is 2. The molecule has 3 aromatic rings. The fourth-order valence-corrected chi connectivity index (χ4v) is 4.29. The van der Waals surface area contributed by atoms with Crippen LogP contribution in [0.25, 0.3) is 11.0 Å². The molecule has 0 atom stereocenters. The summed E-state index contributed by atoms with van der Waals surface area (Å²) in [6, 6.07) is 9.87. The van der Waals surface area contributed by atoms with Crippen molar-refractivity contribution in [2.45, 2.75) is 36.4 Å². The van der Waals surface area contributed by atoms with Gasteiger partial charge in [0.15, 0.2) is 5.16 Å². The van der Waals surface area contributed by atoms with E-state index in [4.69, 9.17) is 5.14 Å². The van der Waals surface area contributed by atoms with Crippen molar-refractivity contribution in [2.24, 2.45) is 5.14 Å². The number of imidazole rings is 1. The number of fused-ring (bicyclic) bond motifs is 1. The molecule has 0 bridgehead atoms. The summed E-state index contributed by atoms with van der Waals surface area (Å²) in [6.45, 7) is 2.67. The number of aryl methyl sites for hydroxylation is 1. The van der Waals surface area contributed by atoms with Gasteiger partial charge in [0.05, 0.1) is 27.2 Å². The number of amides is 2. The number of hydrazine groups is 1. The summed E-state index contributed by atoms with van der Waals surface area (Å²) >= 11 is 1.13. The van der Waals surface area contributed by atoms with Crippen molar-refractivity contribution in [1.29, 1.82) is 0 Å². The summed E-state index contributed by atoms with van der Waals surface area (Å²) in [5.41, 5.74) is 5.40. The van der Waals surface area contributed by atoms with Crippen molar-refractivity contribution >= 4 is 44.6 Å². The summed E-state index contributed by atoms with van der Waals surface area (Å²) in [4.78, 5) is 28.6. The first-order valence-electron chi connectivity index (χ1n) is 9.70. The van der Waals surface area contributed by atoms with Crippen LogP contribution < -0.4 is 16.0 Å². The van der Waals surface area contributed by atoms with E-state index in [1.807, 2.05) is 11.5 Å². The summed E-state index contributed by atoms with van der Waals surface area (Å²) < 4.78 is 38.8. The predicted molar refractivity (Wildman–Crippen MR) is 119 cm³/mol. The third kappa shape index (κ3) is 5.64. The zero-order chi connectivity index (χ0) is 23.3. The number of nitrogens with two attached hydrogens (primary N) is 1. The number of sulfonamides is 1. The maximum absolute atomic E-state index is 13.6. The molecule has 0 aliphatic rings. The fourth-order valence-electron chi connectivity index (χ4n) is 2.91. The molecule has 0 fully saturated rings. The molecule has 0 unspecified atom stereocenters. The van der Waals surface area contributed by atoms with Crippen molar-refractivity contribution in [3.63, 3.8) is 0 Å². The number of carbonyl (C=O) groups excluding carboxylic acids is 2. The Bertz CT molecular complexity index is 1260. The standard InChI is InChI=1S/C20H22FN5O4S2/c1-2-3-10-26-17-9-8-13(32(22,29)30)11-16(17)23-20(26)31-12-18(27)24-25-19(28)14-6-4-5-7-15(14)21/h4-9,11H,2-3,10,12H2,1H3,(H,24,27)(H,25,28)(H2,22,29,30). The number of rotatable bonds is 8. The van der Waals surface area contributed by atoms with E-state index < -0.39 is 27.7 Å². The fraction of sp³-hybridized carbons (Fsp3) is 0.250. The van der Waals surface area contributed by atoms with Crippen LogP contribution in [0.1, 0.15) is 30.1 Å². The lowest BCUT2D eigenvalue weighted by molar-refractivity contribution is -0.119. The molecule has 9 nitrogen and oxygen atoms in total. The Morgan fingerprint density at radius 2 is 1.94 bits per heavy atom. The average Bonchev–Trinajstić information content (AvgIpc) is 3.10. The number of halogens is 1. The van der Waals surface area contributed by atoms with E-state index in [1.54, 1.807) is 6.07 Å². The summed E-state index contributed by atoms with van der Waals surface area (Å²) in [5, 5.41) is 5.73. The lowest BCUT2D eigenvalue weighted by atomic mass is 10.2. The first-order valence-corrected chi connectivity index (χ1v) is 12.2. The van der Waals surface area contributed by atoms with Crippen LogP contribution in [-0.4, -0.2) is 35.5 Å². The molecule has 1 heterocycles. The third-order valence-corrected chi connectivity index (χ3v) is 6.40. The number of primary sulfonamides is 1. The van der Waals surface area contributed by atoms with Crippen LogP contribution in [0.5, 0.6) is 0 Å². The Hall–Kier alpha value is -2.96. The van der Waals surface area contributed by atoms with Gasteiger partial charge >= 0.3 is 0 Å². The molecule has 0 saturated carbocycles. The molecule has 0 aliphatic carbocycles.